The van der Waals surface area contributed by atoms with Gasteiger partial charge in [-0.05, 0) is 70.9 Å². The van der Waals surface area contributed by atoms with Crippen LogP contribution in [0.15, 0.2) is 35.1 Å². The lowest BCUT2D eigenvalue weighted by atomic mass is 10.0. The van der Waals surface area contributed by atoms with Gasteiger partial charge in [0, 0.05) is 23.4 Å². The molecule has 3 aromatic rings. The molecule has 1 fully saturated rings. The van der Waals surface area contributed by atoms with E-state index in [4.69, 9.17) is 4.74 Å². The second-order valence-electron chi connectivity index (χ2n) is 10.1. The van der Waals surface area contributed by atoms with Gasteiger partial charge < -0.3 is 9.64 Å². The van der Waals surface area contributed by atoms with Gasteiger partial charge in [0.25, 0.3) is 6.43 Å². The molecule has 0 radical (unpaired) electrons. The molecule has 0 spiro atoms. The molecule has 1 aromatic heterocycles. The maximum absolute atomic E-state index is 15.2. The third-order valence-electron chi connectivity index (χ3n) is 6.06. The zero-order valence-electron chi connectivity index (χ0n) is 20.8. The standard InChI is InChI=1S/C27H26F5N3O2/c1-26(2,3)35-20-7-6-19(29)23(32)22(20)24(33-25(35)36)34(15-21(30)31)18-13-16(12-17(28)14-18)8-10-27(4)9-5-11-37-27/h6-7,12-14,21H,5,9,11,15H2,1-4H3. The van der Waals surface area contributed by atoms with E-state index in [1.54, 1.807) is 27.7 Å². The van der Waals surface area contributed by atoms with E-state index in [-0.39, 0.29) is 16.8 Å². The number of hydrogen-bond donors (Lipinski definition) is 0. The molecular weight excluding hydrogens is 493 g/mol. The number of benzene rings is 2. The molecule has 1 saturated heterocycles. The fraction of sp³-hybridized carbons (Fsp3) is 0.407. The molecule has 0 amide bonds. The van der Waals surface area contributed by atoms with Gasteiger partial charge in [-0.15, -0.1) is 0 Å². The highest BCUT2D eigenvalue weighted by molar-refractivity contribution is 5.92. The van der Waals surface area contributed by atoms with Crippen LogP contribution in [0.5, 0.6) is 0 Å². The first kappa shape index (κ1) is 26.6. The summed E-state index contributed by atoms with van der Waals surface area (Å²) >= 11 is 0. The molecule has 0 bridgehead atoms. The summed E-state index contributed by atoms with van der Waals surface area (Å²) in [5.74, 6) is 1.81. The van der Waals surface area contributed by atoms with E-state index in [1.165, 1.54) is 12.1 Å². The number of aromatic nitrogens is 2. The molecule has 1 aliphatic heterocycles. The van der Waals surface area contributed by atoms with Crippen LogP contribution in [0.3, 0.4) is 0 Å². The Bertz CT molecular complexity index is 1460. The highest BCUT2D eigenvalue weighted by Crippen LogP contribution is 2.35. The number of nitrogens with zero attached hydrogens (tertiary/aromatic N) is 3. The van der Waals surface area contributed by atoms with Crippen molar-refractivity contribution >= 4 is 22.4 Å². The average Bonchev–Trinajstić information content (AvgIpc) is 3.23. The highest BCUT2D eigenvalue weighted by atomic mass is 19.3. The quantitative estimate of drug-likeness (QED) is 0.319. The van der Waals surface area contributed by atoms with E-state index >= 15 is 4.39 Å². The minimum atomic E-state index is -2.98. The maximum atomic E-state index is 15.2. The number of ether oxygens (including phenoxy) is 1. The summed E-state index contributed by atoms with van der Waals surface area (Å²) in [4.78, 5) is 17.8. The third-order valence-corrected chi connectivity index (χ3v) is 6.06. The van der Waals surface area contributed by atoms with Gasteiger partial charge in [0.1, 0.15) is 11.4 Å². The zero-order valence-corrected chi connectivity index (χ0v) is 20.8. The minimum absolute atomic E-state index is 0.0385. The Morgan fingerprint density at radius 3 is 2.54 bits per heavy atom. The summed E-state index contributed by atoms with van der Waals surface area (Å²) in [6.45, 7) is 6.28. The average molecular weight is 520 g/mol. The number of rotatable bonds is 4. The monoisotopic (exact) mass is 519 g/mol. The van der Waals surface area contributed by atoms with E-state index in [0.717, 1.165) is 34.1 Å². The van der Waals surface area contributed by atoms with Crippen LogP contribution >= 0.6 is 0 Å². The van der Waals surface area contributed by atoms with Gasteiger partial charge in [0.2, 0.25) is 0 Å². The van der Waals surface area contributed by atoms with Gasteiger partial charge in [-0.3, -0.25) is 4.57 Å². The molecule has 0 N–H and O–H groups in total. The Labute approximate surface area is 210 Å². The molecule has 37 heavy (non-hydrogen) atoms. The second kappa shape index (κ2) is 9.78. The van der Waals surface area contributed by atoms with Crippen LogP contribution in [-0.2, 0) is 10.3 Å². The lowest BCUT2D eigenvalue weighted by Crippen LogP contribution is -2.38. The summed E-state index contributed by atoms with van der Waals surface area (Å²) in [6.07, 6.45) is -1.48. The topological polar surface area (TPSA) is 47.4 Å². The summed E-state index contributed by atoms with van der Waals surface area (Å²) < 4.78 is 78.5. The van der Waals surface area contributed by atoms with Crippen LogP contribution in [0.2, 0.25) is 0 Å². The van der Waals surface area contributed by atoms with Crippen molar-refractivity contribution in [2.45, 2.75) is 58.1 Å². The molecule has 10 heteroatoms. The number of fused-ring (bicyclic) bond motifs is 1. The van der Waals surface area contributed by atoms with Crippen molar-refractivity contribution in [2.24, 2.45) is 0 Å². The zero-order chi connectivity index (χ0) is 27.1. The SMILES string of the molecule is CC1(C#Cc2cc(F)cc(N(CC(F)F)c3nc(=O)n(C(C)(C)C)c4ccc(F)c(F)c34)c2)CCCO1. The number of halogens is 5. The van der Waals surface area contributed by atoms with Crippen LogP contribution in [0, 0.1) is 29.3 Å². The second-order valence-corrected chi connectivity index (χ2v) is 10.1. The molecule has 0 aliphatic carbocycles. The molecule has 2 heterocycles. The Morgan fingerprint density at radius 2 is 1.92 bits per heavy atom. The first-order valence-electron chi connectivity index (χ1n) is 11.7. The van der Waals surface area contributed by atoms with E-state index in [9.17, 15) is 22.4 Å². The van der Waals surface area contributed by atoms with Crippen molar-refractivity contribution in [3.05, 3.63) is 63.8 Å². The number of alkyl halides is 2. The summed E-state index contributed by atoms with van der Waals surface area (Å²) in [5.41, 5.74) is -2.49. The van der Waals surface area contributed by atoms with Gasteiger partial charge in [-0.1, -0.05) is 11.8 Å². The number of hydrogen-bond acceptors (Lipinski definition) is 4. The number of anilines is 2. The molecule has 196 valence electrons. The summed E-state index contributed by atoms with van der Waals surface area (Å²) in [6, 6.07) is 5.44. The smallest absolute Gasteiger partial charge is 0.350 e. The van der Waals surface area contributed by atoms with Crippen molar-refractivity contribution in [3.8, 4) is 11.8 Å². The van der Waals surface area contributed by atoms with Gasteiger partial charge in [0.15, 0.2) is 17.5 Å². The van der Waals surface area contributed by atoms with E-state index in [2.05, 4.69) is 16.8 Å². The van der Waals surface area contributed by atoms with E-state index in [1.807, 2.05) is 0 Å². The predicted octanol–water partition coefficient (Wildman–Crippen LogP) is 5.89. The molecule has 2 aromatic carbocycles. The van der Waals surface area contributed by atoms with Crippen molar-refractivity contribution in [1.29, 1.82) is 0 Å². The highest BCUT2D eigenvalue weighted by Gasteiger charge is 2.29. The van der Waals surface area contributed by atoms with E-state index < -0.39 is 58.5 Å². The lowest BCUT2D eigenvalue weighted by Gasteiger charge is -2.29. The molecule has 1 aliphatic rings. The summed E-state index contributed by atoms with van der Waals surface area (Å²) in [7, 11) is 0. The van der Waals surface area contributed by atoms with Crippen molar-refractivity contribution in [2.75, 3.05) is 18.1 Å². The van der Waals surface area contributed by atoms with Gasteiger partial charge in [0.05, 0.1) is 17.4 Å². The van der Waals surface area contributed by atoms with Crippen molar-refractivity contribution in [1.82, 2.24) is 9.55 Å². The first-order valence-corrected chi connectivity index (χ1v) is 11.7. The Balaban J connectivity index is 1.96. The first-order chi connectivity index (χ1) is 17.3. The molecular formula is C27H26F5N3O2. The Kier molecular flexibility index (Phi) is 7.04. The van der Waals surface area contributed by atoms with Gasteiger partial charge >= 0.3 is 5.69 Å². The fourth-order valence-electron chi connectivity index (χ4n) is 4.42. The van der Waals surface area contributed by atoms with Crippen molar-refractivity contribution < 1.29 is 26.7 Å². The van der Waals surface area contributed by atoms with Crippen molar-refractivity contribution in [3.63, 3.8) is 0 Å². The Hall–Kier alpha value is -3.45. The summed E-state index contributed by atoms with van der Waals surface area (Å²) in [5, 5.41) is -0.473. The van der Waals surface area contributed by atoms with E-state index in [0.29, 0.717) is 13.0 Å². The molecule has 1 atom stereocenters. The van der Waals surface area contributed by atoms with Crippen LogP contribution in [0.25, 0.3) is 10.9 Å². The normalized spacial score (nSPS) is 17.8. The lowest BCUT2D eigenvalue weighted by molar-refractivity contribution is 0.0695. The molecule has 4 rings (SSSR count). The molecule has 0 saturated carbocycles. The van der Waals surface area contributed by atoms with Crippen LogP contribution in [-0.4, -0.2) is 34.7 Å². The third kappa shape index (κ3) is 5.47. The fourth-order valence-corrected chi connectivity index (χ4v) is 4.42. The maximum Gasteiger partial charge on any atom is 0.350 e. The minimum Gasteiger partial charge on any atom is -0.363 e. The van der Waals surface area contributed by atoms with Crippen LogP contribution < -0.4 is 10.6 Å². The molecule has 1 unspecified atom stereocenters. The largest absolute Gasteiger partial charge is 0.363 e. The van der Waals surface area contributed by atoms with Crippen LogP contribution in [0.4, 0.5) is 33.5 Å². The van der Waals surface area contributed by atoms with Gasteiger partial charge in [-0.2, -0.15) is 4.98 Å². The predicted molar refractivity (Wildman–Crippen MR) is 131 cm³/mol. The van der Waals surface area contributed by atoms with Gasteiger partial charge in [-0.25, -0.2) is 26.7 Å². The Morgan fingerprint density at radius 1 is 1.19 bits per heavy atom. The van der Waals surface area contributed by atoms with Crippen LogP contribution in [0.1, 0.15) is 46.1 Å². The molecule has 5 nitrogen and oxygen atoms in total.